The van der Waals surface area contributed by atoms with Crippen LogP contribution in [0.15, 0.2) is 30.3 Å². The van der Waals surface area contributed by atoms with Gasteiger partial charge in [0.15, 0.2) is 0 Å². The van der Waals surface area contributed by atoms with Crippen molar-refractivity contribution in [3.8, 4) is 0 Å². The predicted octanol–water partition coefficient (Wildman–Crippen LogP) is 1.85. The van der Waals surface area contributed by atoms with E-state index in [9.17, 15) is 5.11 Å². The van der Waals surface area contributed by atoms with Crippen LogP contribution in [0.1, 0.15) is 30.9 Å². The second kappa shape index (κ2) is 3.71. The summed E-state index contributed by atoms with van der Waals surface area (Å²) in [7, 11) is 0. The second-order valence-electron chi connectivity index (χ2n) is 4.26. The Bertz CT molecular complexity index is 287. The standard InChI is InChI=1S/C12H17NO/c13-11(10-5-2-1-3-6-10)12(9-14)7-4-8-12/h1-3,5-6,11,14H,4,7-9,13H2/t11-/m0/s1. The Morgan fingerprint density at radius 2 is 1.93 bits per heavy atom. The summed E-state index contributed by atoms with van der Waals surface area (Å²) in [6, 6.07) is 10.1. The maximum Gasteiger partial charge on any atom is 0.0505 e. The highest BCUT2D eigenvalue weighted by molar-refractivity contribution is 5.22. The number of rotatable bonds is 3. The topological polar surface area (TPSA) is 46.2 Å². The molecule has 0 aromatic heterocycles. The van der Waals surface area contributed by atoms with E-state index in [1.165, 1.54) is 6.42 Å². The molecule has 76 valence electrons. The van der Waals surface area contributed by atoms with Crippen molar-refractivity contribution in [1.82, 2.24) is 0 Å². The van der Waals surface area contributed by atoms with E-state index in [0.717, 1.165) is 18.4 Å². The summed E-state index contributed by atoms with van der Waals surface area (Å²) in [5, 5.41) is 9.39. The van der Waals surface area contributed by atoms with Crippen molar-refractivity contribution in [2.75, 3.05) is 6.61 Å². The predicted molar refractivity (Wildman–Crippen MR) is 56.7 cm³/mol. The number of hydrogen-bond acceptors (Lipinski definition) is 2. The van der Waals surface area contributed by atoms with E-state index in [0.29, 0.717) is 0 Å². The first-order chi connectivity index (χ1) is 6.78. The fraction of sp³-hybridized carbons (Fsp3) is 0.500. The highest BCUT2D eigenvalue weighted by atomic mass is 16.3. The summed E-state index contributed by atoms with van der Waals surface area (Å²) in [5.41, 5.74) is 7.29. The van der Waals surface area contributed by atoms with Crippen LogP contribution < -0.4 is 5.73 Å². The van der Waals surface area contributed by atoms with Crippen molar-refractivity contribution in [2.24, 2.45) is 11.1 Å². The van der Waals surface area contributed by atoms with Gasteiger partial charge in [-0.25, -0.2) is 0 Å². The summed E-state index contributed by atoms with van der Waals surface area (Å²) in [6.45, 7) is 0.211. The summed E-state index contributed by atoms with van der Waals surface area (Å²) >= 11 is 0. The van der Waals surface area contributed by atoms with E-state index in [2.05, 4.69) is 0 Å². The average molecular weight is 191 g/mol. The van der Waals surface area contributed by atoms with Crippen LogP contribution in [-0.4, -0.2) is 11.7 Å². The average Bonchev–Trinajstić information content (AvgIpc) is 2.18. The molecule has 0 radical (unpaired) electrons. The lowest BCUT2D eigenvalue weighted by Gasteiger charge is -2.45. The van der Waals surface area contributed by atoms with E-state index in [-0.39, 0.29) is 18.1 Å². The maximum atomic E-state index is 9.39. The Morgan fingerprint density at radius 1 is 1.29 bits per heavy atom. The molecule has 1 aromatic rings. The van der Waals surface area contributed by atoms with E-state index in [1.54, 1.807) is 0 Å². The molecule has 0 heterocycles. The Kier molecular flexibility index (Phi) is 2.57. The first-order valence-corrected chi connectivity index (χ1v) is 5.20. The largest absolute Gasteiger partial charge is 0.396 e. The minimum absolute atomic E-state index is 0.0116. The second-order valence-corrected chi connectivity index (χ2v) is 4.26. The SMILES string of the molecule is N[C@@H](c1ccccc1)C1(CO)CCC1. The molecule has 2 nitrogen and oxygen atoms in total. The van der Waals surface area contributed by atoms with Crippen molar-refractivity contribution < 1.29 is 5.11 Å². The molecule has 0 unspecified atom stereocenters. The van der Waals surface area contributed by atoms with Gasteiger partial charge in [0.2, 0.25) is 0 Å². The summed E-state index contributed by atoms with van der Waals surface area (Å²) in [6.07, 6.45) is 3.31. The molecular weight excluding hydrogens is 174 g/mol. The zero-order chi connectivity index (χ0) is 10.0. The molecule has 1 aromatic carbocycles. The van der Waals surface area contributed by atoms with Crippen molar-refractivity contribution in [2.45, 2.75) is 25.3 Å². The molecule has 1 aliphatic rings. The van der Waals surface area contributed by atoms with Crippen LogP contribution in [-0.2, 0) is 0 Å². The van der Waals surface area contributed by atoms with Crippen molar-refractivity contribution in [1.29, 1.82) is 0 Å². The number of aliphatic hydroxyl groups is 1. The minimum atomic E-state index is -0.0403. The Morgan fingerprint density at radius 3 is 2.36 bits per heavy atom. The molecular formula is C12H17NO. The van der Waals surface area contributed by atoms with Crippen LogP contribution >= 0.6 is 0 Å². The van der Waals surface area contributed by atoms with E-state index >= 15 is 0 Å². The molecule has 0 bridgehead atoms. The molecule has 2 rings (SSSR count). The molecule has 1 saturated carbocycles. The fourth-order valence-corrected chi connectivity index (χ4v) is 2.21. The molecule has 2 heteroatoms. The summed E-state index contributed by atoms with van der Waals surface area (Å²) < 4.78 is 0. The Labute approximate surface area is 84.7 Å². The van der Waals surface area contributed by atoms with Gasteiger partial charge in [-0.15, -0.1) is 0 Å². The third-order valence-electron chi connectivity index (χ3n) is 3.48. The van der Waals surface area contributed by atoms with Crippen LogP contribution in [0.3, 0.4) is 0 Å². The lowest BCUT2D eigenvalue weighted by molar-refractivity contribution is 0.0184. The lowest BCUT2D eigenvalue weighted by atomic mass is 9.63. The van der Waals surface area contributed by atoms with Crippen molar-refractivity contribution in [3.63, 3.8) is 0 Å². The smallest absolute Gasteiger partial charge is 0.0505 e. The van der Waals surface area contributed by atoms with Crippen LogP contribution in [0.25, 0.3) is 0 Å². The van der Waals surface area contributed by atoms with Gasteiger partial charge in [-0.05, 0) is 18.4 Å². The zero-order valence-electron chi connectivity index (χ0n) is 8.32. The molecule has 0 saturated heterocycles. The Hall–Kier alpha value is -0.860. The molecule has 0 amide bonds. The van der Waals surface area contributed by atoms with Gasteiger partial charge in [0.25, 0.3) is 0 Å². The summed E-state index contributed by atoms with van der Waals surface area (Å²) in [5.74, 6) is 0. The minimum Gasteiger partial charge on any atom is -0.396 e. The van der Waals surface area contributed by atoms with Gasteiger partial charge in [0, 0.05) is 11.5 Å². The number of aliphatic hydroxyl groups excluding tert-OH is 1. The van der Waals surface area contributed by atoms with Gasteiger partial charge in [0.05, 0.1) is 6.61 Å². The van der Waals surface area contributed by atoms with Crippen LogP contribution in [0.2, 0.25) is 0 Å². The van der Waals surface area contributed by atoms with Gasteiger partial charge in [-0.3, -0.25) is 0 Å². The molecule has 1 aliphatic carbocycles. The quantitative estimate of drug-likeness (QED) is 0.766. The van der Waals surface area contributed by atoms with Crippen molar-refractivity contribution in [3.05, 3.63) is 35.9 Å². The molecule has 0 spiro atoms. The third kappa shape index (κ3) is 1.45. The van der Waals surface area contributed by atoms with Crippen LogP contribution in [0.4, 0.5) is 0 Å². The van der Waals surface area contributed by atoms with Crippen LogP contribution in [0, 0.1) is 5.41 Å². The molecule has 1 atom stereocenters. The first kappa shape index (κ1) is 9.69. The fourth-order valence-electron chi connectivity index (χ4n) is 2.21. The highest BCUT2D eigenvalue weighted by Crippen LogP contribution is 2.48. The maximum absolute atomic E-state index is 9.39. The van der Waals surface area contributed by atoms with Gasteiger partial charge < -0.3 is 10.8 Å². The van der Waals surface area contributed by atoms with Gasteiger partial charge in [0.1, 0.15) is 0 Å². The normalized spacial score (nSPS) is 21.3. The molecule has 0 aliphatic heterocycles. The molecule has 14 heavy (non-hydrogen) atoms. The number of nitrogens with two attached hydrogens (primary N) is 1. The summed E-state index contributed by atoms with van der Waals surface area (Å²) in [4.78, 5) is 0. The van der Waals surface area contributed by atoms with Crippen LogP contribution in [0.5, 0.6) is 0 Å². The van der Waals surface area contributed by atoms with Gasteiger partial charge in [-0.2, -0.15) is 0 Å². The number of hydrogen-bond donors (Lipinski definition) is 2. The van der Waals surface area contributed by atoms with Gasteiger partial charge >= 0.3 is 0 Å². The highest BCUT2D eigenvalue weighted by Gasteiger charge is 2.42. The van der Waals surface area contributed by atoms with E-state index in [1.807, 2.05) is 30.3 Å². The zero-order valence-corrected chi connectivity index (χ0v) is 8.32. The molecule has 1 fully saturated rings. The number of benzene rings is 1. The van der Waals surface area contributed by atoms with Gasteiger partial charge in [-0.1, -0.05) is 36.8 Å². The Balaban J connectivity index is 2.19. The third-order valence-corrected chi connectivity index (χ3v) is 3.48. The van der Waals surface area contributed by atoms with Crippen molar-refractivity contribution >= 4 is 0 Å². The van der Waals surface area contributed by atoms with E-state index in [4.69, 9.17) is 5.73 Å². The lowest BCUT2D eigenvalue weighted by Crippen LogP contribution is -2.43. The van der Waals surface area contributed by atoms with E-state index < -0.39 is 0 Å². The molecule has 3 N–H and O–H groups in total. The first-order valence-electron chi connectivity index (χ1n) is 5.20. The monoisotopic (exact) mass is 191 g/mol.